The van der Waals surface area contributed by atoms with Gasteiger partial charge in [-0.05, 0) is 86.1 Å². The van der Waals surface area contributed by atoms with Crippen LogP contribution in [0.15, 0.2) is 77.7 Å². The Kier molecular flexibility index (Phi) is 8.52. The van der Waals surface area contributed by atoms with Crippen molar-refractivity contribution in [2.75, 3.05) is 23.7 Å². The van der Waals surface area contributed by atoms with E-state index in [2.05, 4.69) is 16.0 Å². The van der Waals surface area contributed by atoms with Crippen LogP contribution in [0.2, 0.25) is 0 Å². The van der Waals surface area contributed by atoms with Gasteiger partial charge in [0.15, 0.2) is 5.11 Å². The highest BCUT2D eigenvalue weighted by Gasteiger charge is 2.25. The Morgan fingerprint density at radius 3 is 2.11 bits per heavy atom. The minimum atomic E-state index is -3.47. The van der Waals surface area contributed by atoms with Crippen LogP contribution in [-0.4, -0.2) is 36.8 Å². The van der Waals surface area contributed by atoms with Crippen molar-refractivity contribution in [2.24, 2.45) is 0 Å². The molecule has 1 aliphatic rings. The molecule has 1 unspecified atom stereocenters. The van der Waals surface area contributed by atoms with Gasteiger partial charge in [-0.2, -0.15) is 4.31 Å². The fourth-order valence-electron chi connectivity index (χ4n) is 4.11. The van der Waals surface area contributed by atoms with Crippen LogP contribution in [0.4, 0.5) is 15.8 Å². The van der Waals surface area contributed by atoms with Crippen LogP contribution in [0.3, 0.4) is 0 Å². The highest BCUT2D eigenvalue weighted by atomic mass is 32.2. The number of rotatable bonds is 7. The van der Waals surface area contributed by atoms with Gasteiger partial charge in [-0.15, -0.1) is 0 Å². The largest absolute Gasteiger partial charge is 0.356 e. The van der Waals surface area contributed by atoms with E-state index in [1.54, 1.807) is 58.9 Å². The molecule has 4 rings (SSSR count). The topological polar surface area (TPSA) is 90.5 Å². The summed E-state index contributed by atoms with van der Waals surface area (Å²) in [6.07, 6.45) is 2.86. The zero-order chi connectivity index (χ0) is 26.4. The molecule has 0 aromatic heterocycles. The summed E-state index contributed by atoms with van der Waals surface area (Å²) in [7, 11) is -3.47. The maximum absolute atomic E-state index is 13.8. The van der Waals surface area contributed by atoms with Crippen molar-refractivity contribution in [3.8, 4) is 0 Å². The molecule has 0 radical (unpaired) electrons. The van der Waals surface area contributed by atoms with Gasteiger partial charge in [0.1, 0.15) is 5.82 Å². The maximum atomic E-state index is 13.8. The second kappa shape index (κ2) is 11.8. The first-order valence-electron chi connectivity index (χ1n) is 12.1. The van der Waals surface area contributed by atoms with E-state index >= 15 is 0 Å². The molecule has 3 N–H and O–H groups in total. The first-order chi connectivity index (χ1) is 17.7. The number of piperidine rings is 1. The molecule has 1 saturated heterocycles. The number of amides is 1. The number of thiocarbonyl (C=S) groups is 1. The summed E-state index contributed by atoms with van der Waals surface area (Å²) < 4.78 is 41.1. The van der Waals surface area contributed by atoms with Crippen LogP contribution >= 0.6 is 12.2 Å². The highest BCUT2D eigenvalue weighted by molar-refractivity contribution is 7.89. The van der Waals surface area contributed by atoms with Crippen molar-refractivity contribution in [2.45, 2.75) is 37.1 Å². The summed E-state index contributed by atoms with van der Waals surface area (Å²) in [4.78, 5) is 12.6. The van der Waals surface area contributed by atoms with Crippen LogP contribution in [0.5, 0.6) is 0 Å². The van der Waals surface area contributed by atoms with E-state index in [-0.39, 0.29) is 11.6 Å². The number of carbonyl (C=O) groups excluding carboxylic acids is 1. The number of benzene rings is 3. The van der Waals surface area contributed by atoms with E-state index in [1.807, 2.05) is 6.92 Å². The highest BCUT2D eigenvalue weighted by Crippen LogP contribution is 2.23. The standard InChI is InChI=1S/C27H29FN4O3S2/c1-19(20-9-15-23(16-10-20)37(34,35)32-17-5-2-6-18-32)29-27(36)31-22-13-11-21(12-14-22)30-26(33)24-7-3-4-8-25(24)28/h3-4,7-16,19H,2,5-6,17-18H2,1H3,(H,30,33)(H2,29,31,36). The summed E-state index contributed by atoms with van der Waals surface area (Å²) in [5.41, 5.74) is 2.09. The molecule has 37 heavy (non-hydrogen) atoms. The zero-order valence-corrected chi connectivity index (χ0v) is 22.0. The van der Waals surface area contributed by atoms with Gasteiger partial charge in [-0.25, -0.2) is 12.8 Å². The first-order valence-corrected chi connectivity index (χ1v) is 13.9. The van der Waals surface area contributed by atoms with Gasteiger partial charge in [0.25, 0.3) is 5.91 Å². The van der Waals surface area contributed by atoms with Crippen molar-refractivity contribution in [1.29, 1.82) is 0 Å². The molecule has 3 aromatic carbocycles. The summed E-state index contributed by atoms with van der Waals surface area (Å²) in [6.45, 7) is 3.07. The molecule has 194 valence electrons. The van der Waals surface area contributed by atoms with Gasteiger partial charge in [-0.3, -0.25) is 4.79 Å². The lowest BCUT2D eigenvalue weighted by atomic mass is 10.1. The Balaban J connectivity index is 1.31. The van der Waals surface area contributed by atoms with Gasteiger partial charge in [-0.1, -0.05) is 30.7 Å². The molecule has 1 amide bonds. The second-order valence-corrected chi connectivity index (χ2v) is 11.2. The van der Waals surface area contributed by atoms with E-state index in [1.165, 1.54) is 18.2 Å². The summed E-state index contributed by atoms with van der Waals surface area (Å²) in [5.74, 6) is -1.11. The average Bonchev–Trinajstić information content (AvgIpc) is 2.90. The predicted octanol–water partition coefficient (Wildman–Crippen LogP) is 5.30. The van der Waals surface area contributed by atoms with Crippen molar-refractivity contribution >= 4 is 44.6 Å². The average molecular weight is 541 g/mol. The number of halogens is 1. The third-order valence-corrected chi connectivity index (χ3v) is 8.33. The van der Waals surface area contributed by atoms with Crippen LogP contribution in [0.25, 0.3) is 0 Å². The minimum Gasteiger partial charge on any atom is -0.356 e. The molecule has 10 heteroatoms. The Hall–Kier alpha value is -3.34. The number of nitrogens with one attached hydrogen (secondary N) is 3. The fraction of sp³-hybridized carbons (Fsp3) is 0.259. The third kappa shape index (κ3) is 6.71. The Morgan fingerprint density at radius 2 is 1.49 bits per heavy atom. The van der Waals surface area contributed by atoms with Gasteiger partial charge in [0, 0.05) is 24.5 Å². The first kappa shape index (κ1) is 26.7. The molecule has 1 heterocycles. The Morgan fingerprint density at radius 1 is 0.892 bits per heavy atom. The summed E-state index contributed by atoms with van der Waals surface area (Å²) >= 11 is 5.43. The van der Waals surface area contributed by atoms with Crippen LogP contribution in [0, 0.1) is 5.82 Å². The summed E-state index contributed by atoms with van der Waals surface area (Å²) in [5, 5.41) is 9.34. The number of carbonyl (C=O) groups is 1. The molecule has 0 bridgehead atoms. The number of anilines is 2. The smallest absolute Gasteiger partial charge is 0.258 e. The van der Waals surface area contributed by atoms with E-state index in [0.717, 1.165) is 24.8 Å². The summed E-state index contributed by atoms with van der Waals surface area (Å²) in [6, 6.07) is 19.4. The molecule has 1 fully saturated rings. The van der Waals surface area contributed by atoms with Gasteiger partial charge >= 0.3 is 0 Å². The lowest BCUT2D eigenvalue weighted by molar-refractivity contribution is 0.102. The van der Waals surface area contributed by atoms with Crippen LogP contribution in [-0.2, 0) is 10.0 Å². The van der Waals surface area contributed by atoms with Gasteiger partial charge in [0.05, 0.1) is 16.5 Å². The lowest BCUT2D eigenvalue weighted by Gasteiger charge is -2.26. The molecular weight excluding hydrogens is 511 g/mol. The number of hydrogen-bond donors (Lipinski definition) is 3. The number of sulfonamides is 1. The SMILES string of the molecule is CC(NC(=S)Nc1ccc(NC(=O)c2ccccc2F)cc1)c1ccc(S(=O)(=O)N2CCCCC2)cc1. The van der Waals surface area contributed by atoms with E-state index in [9.17, 15) is 17.6 Å². The molecule has 7 nitrogen and oxygen atoms in total. The van der Waals surface area contributed by atoms with E-state index < -0.39 is 21.7 Å². The normalized spacial score (nSPS) is 15.0. The number of hydrogen-bond acceptors (Lipinski definition) is 4. The lowest BCUT2D eigenvalue weighted by Crippen LogP contribution is -2.35. The third-order valence-electron chi connectivity index (χ3n) is 6.20. The van der Waals surface area contributed by atoms with Crippen molar-refractivity contribution in [3.05, 3.63) is 89.7 Å². The molecule has 0 saturated carbocycles. The van der Waals surface area contributed by atoms with Gasteiger partial charge < -0.3 is 16.0 Å². The molecule has 3 aromatic rings. The maximum Gasteiger partial charge on any atom is 0.258 e. The zero-order valence-electron chi connectivity index (χ0n) is 20.4. The number of nitrogens with zero attached hydrogens (tertiary/aromatic N) is 1. The molecule has 0 aliphatic carbocycles. The quantitative estimate of drug-likeness (QED) is 0.353. The molecular formula is C27H29FN4O3S2. The predicted molar refractivity (Wildman–Crippen MR) is 148 cm³/mol. The molecule has 1 atom stereocenters. The van der Waals surface area contributed by atoms with E-state index in [0.29, 0.717) is 34.5 Å². The monoisotopic (exact) mass is 540 g/mol. The fourth-order valence-corrected chi connectivity index (χ4v) is 5.92. The second-order valence-electron chi connectivity index (χ2n) is 8.87. The van der Waals surface area contributed by atoms with E-state index in [4.69, 9.17) is 12.2 Å². The van der Waals surface area contributed by atoms with Gasteiger partial charge in [0.2, 0.25) is 10.0 Å². The van der Waals surface area contributed by atoms with Crippen molar-refractivity contribution in [1.82, 2.24) is 9.62 Å². The Labute approximate surface area is 222 Å². The van der Waals surface area contributed by atoms with Crippen LogP contribution < -0.4 is 16.0 Å². The van der Waals surface area contributed by atoms with Crippen molar-refractivity contribution in [3.63, 3.8) is 0 Å². The molecule has 0 spiro atoms. The Bertz CT molecular complexity index is 1360. The minimum absolute atomic E-state index is 0.0267. The van der Waals surface area contributed by atoms with Crippen LogP contribution in [0.1, 0.15) is 48.1 Å². The molecule has 1 aliphatic heterocycles. The van der Waals surface area contributed by atoms with Crippen molar-refractivity contribution < 1.29 is 17.6 Å².